The van der Waals surface area contributed by atoms with Gasteiger partial charge in [-0.25, -0.2) is 9.07 Å². The van der Waals surface area contributed by atoms with Crippen LogP contribution < -0.4 is 5.32 Å². The molecule has 0 amide bonds. The first-order valence-corrected chi connectivity index (χ1v) is 6.69. The summed E-state index contributed by atoms with van der Waals surface area (Å²) in [4.78, 5) is 0. The molecule has 0 saturated heterocycles. The average Bonchev–Trinajstić information content (AvgIpc) is 2.67. The van der Waals surface area contributed by atoms with Crippen LogP contribution in [0.15, 0.2) is 24.3 Å². The normalized spacial score (nSPS) is 12.7. The van der Waals surface area contributed by atoms with E-state index in [0.29, 0.717) is 13.1 Å². The molecule has 0 radical (unpaired) electrons. The number of hydrogen-bond acceptors (Lipinski definition) is 3. The van der Waals surface area contributed by atoms with Gasteiger partial charge in [-0.05, 0) is 45.0 Å². The maximum absolute atomic E-state index is 13.0. The Balaban J connectivity index is 2.22. The summed E-state index contributed by atoms with van der Waals surface area (Å²) in [6.45, 7) is 6.88. The number of hydrogen-bond donors (Lipinski definition) is 2. The zero-order valence-electron chi connectivity index (χ0n) is 12.0. The summed E-state index contributed by atoms with van der Waals surface area (Å²) in [5.74, 6) is -0.255. The molecule has 1 aromatic heterocycles. The molecular formula is C15H20FN3O. The Kier molecular flexibility index (Phi) is 4.52. The Morgan fingerprint density at radius 1 is 1.30 bits per heavy atom. The molecular weight excluding hydrogens is 257 g/mol. The Labute approximate surface area is 118 Å². The average molecular weight is 277 g/mol. The highest BCUT2D eigenvalue weighted by Crippen LogP contribution is 2.18. The van der Waals surface area contributed by atoms with Gasteiger partial charge in [0.05, 0.1) is 17.5 Å². The van der Waals surface area contributed by atoms with Crippen molar-refractivity contribution < 1.29 is 9.50 Å². The van der Waals surface area contributed by atoms with Gasteiger partial charge in [-0.2, -0.15) is 5.10 Å². The van der Waals surface area contributed by atoms with E-state index < -0.39 is 0 Å². The van der Waals surface area contributed by atoms with Crippen LogP contribution in [0.25, 0.3) is 5.69 Å². The minimum Gasteiger partial charge on any atom is -0.392 e. The fourth-order valence-electron chi connectivity index (χ4n) is 2.17. The van der Waals surface area contributed by atoms with E-state index in [2.05, 4.69) is 10.4 Å². The third-order valence-electron chi connectivity index (χ3n) is 3.25. The molecule has 0 aliphatic carbocycles. The van der Waals surface area contributed by atoms with Crippen molar-refractivity contribution in [3.63, 3.8) is 0 Å². The zero-order valence-corrected chi connectivity index (χ0v) is 12.0. The van der Waals surface area contributed by atoms with Crippen LogP contribution in [0.5, 0.6) is 0 Å². The van der Waals surface area contributed by atoms with Gasteiger partial charge >= 0.3 is 0 Å². The van der Waals surface area contributed by atoms with E-state index >= 15 is 0 Å². The fourth-order valence-corrected chi connectivity index (χ4v) is 2.17. The maximum atomic E-state index is 13.0. The Morgan fingerprint density at radius 2 is 1.95 bits per heavy atom. The first-order valence-electron chi connectivity index (χ1n) is 6.69. The number of aromatic nitrogens is 2. The number of halogens is 1. The molecule has 0 aliphatic rings. The summed E-state index contributed by atoms with van der Waals surface area (Å²) in [5, 5.41) is 17.0. The number of aliphatic hydroxyl groups is 1. The summed E-state index contributed by atoms with van der Waals surface area (Å²) in [6, 6.07) is 6.28. The molecule has 1 unspecified atom stereocenters. The van der Waals surface area contributed by atoms with Crippen LogP contribution in [0.2, 0.25) is 0 Å². The highest BCUT2D eigenvalue weighted by atomic mass is 19.1. The molecule has 5 heteroatoms. The van der Waals surface area contributed by atoms with Crippen LogP contribution in [0, 0.1) is 19.7 Å². The van der Waals surface area contributed by atoms with Crippen molar-refractivity contribution in [2.24, 2.45) is 0 Å². The molecule has 4 nitrogen and oxygen atoms in total. The van der Waals surface area contributed by atoms with Crippen molar-refractivity contribution in [2.75, 3.05) is 6.54 Å². The second kappa shape index (κ2) is 6.15. The smallest absolute Gasteiger partial charge is 0.123 e. The van der Waals surface area contributed by atoms with Gasteiger partial charge in [-0.3, -0.25) is 0 Å². The van der Waals surface area contributed by atoms with Gasteiger partial charge in [-0.15, -0.1) is 0 Å². The van der Waals surface area contributed by atoms with E-state index in [0.717, 1.165) is 22.6 Å². The summed E-state index contributed by atoms with van der Waals surface area (Å²) in [6.07, 6.45) is -0.372. The van der Waals surface area contributed by atoms with Crippen LogP contribution in [-0.4, -0.2) is 27.5 Å². The molecule has 0 aliphatic heterocycles. The number of nitrogens with one attached hydrogen (secondary N) is 1. The summed E-state index contributed by atoms with van der Waals surface area (Å²) in [7, 11) is 0. The zero-order chi connectivity index (χ0) is 14.7. The molecule has 108 valence electrons. The van der Waals surface area contributed by atoms with Gasteiger partial charge in [0.15, 0.2) is 0 Å². The molecule has 0 fully saturated rings. The minimum atomic E-state index is -0.372. The largest absolute Gasteiger partial charge is 0.392 e. The van der Waals surface area contributed by atoms with Gasteiger partial charge in [0.25, 0.3) is 0 Å². The molecule has 2 N–H and O–H groups in total. The van der Waals surface area contributed by atoms with Crippen molar-refractivity contribution in [1.82, 2.24) is 15.1 Å². The molecule has 1 heterocycles. The lowest BCUT2D eigenvalue weighted by Crippen LogP contribution is -2.24. The Hall–Kier alpha value is -1.72. The molecule has 0 saturated carbocycles. The highest BCUT2D eigenvalue weighted by Gasteiger charge is 2.12. The molecule has 20 heavy (non-hydrogen) atoms. The van der Waals surface area contributed by atoms with Crippen molar-refractivity contribution >= 4 is 0 Å². The van der Waals surface area contributed by atoms with E-state index in [-0.39, 0.29) is 11.9 Å². The minimum absolute atomic E-state index is 0.255. The molecule has 1 atom stereocenters. The van der Waals surface area contributed by atoms with Crippen LogP contribution in [-0.2, 0) is 6.54 Å². The summed E-state index contributed by atoms with van der Waals surface area (Å²) >= 11 is 0. The van der Waals surface area contributed by atoms with Crippen LogP contribution in [0.3, 0.4) is 0 Å². The molecule has 0 spiro atoms. The Morgan fingerprint density at radius 3 is 2.55 bits per heavy atom. The molecule has 2 rings (SSSR count). The highest BCUT2D eigenvalue weighted by molar-refractivity contribution is 5.37. The first-order chi connectivity index (χ1) is 9.49. The topological polar surface area (TPSA) is 50.1 Å². The number of benzene rings is 1. The third-order valence-corrected chi connectivity index (χ3v) is 3.25. The molecule has 2 aromatic rings. The van der Waals surface area contributed by atoms with E-state index in [1.165, 1.54) is 12.1 Å². The van der Waals surface area contributed by atoms with Crippen LogP contribution in [0.4, 0.5) is 4.39 Å². The standard InChI is InChI=1S/C15H20FN3O/c1-10(20)8-17-9-15-11(2)18-19(12(15)3)14-6-4-13(16)5-7-14/h4-7,10,17,20H,8-9H2,1-3H3. The number of aryl methyl sites for hydroxylation is 1. The fraction of sp³-hybridized carbons (Fsp3) is 0.400. The number of rotatable bonds is 5. The van der Waals surface area contributed by atoms with E-state index in [1.54, 1.807) is 19.1 Å². The lowest BCUT2D eigenvalue weighted by Gasteiger charge is -2.08. The van der Waals surface area contributed by atoms with Gasteiger partial charge in [0.1, 0.15) is 5.82 Å². The SMILES string of the molecule is Cc1nn(-c2ccc(F)cc2)c(C)c1CNCC(C)O. The van der Waals surface area contributed by atoms with E-state index in [9.17, 15) is 9.50 Å². The van der Waals surface area contributed by atoms with Crippen LogP contribution in [0.1, 0.15) is 23.9 Å². The monoisotopic (exact) mass is 277 g/mol. The predicted molar refractivity (Wildman–Crippen MR) is 76.4 cm³/mol. The quantitative estimate of drug-likeness (QED) is 0.880. The summed E-state index contributed by atoms with van der Waals surface area (Å²) < 4.78 is 14.8. The number of aliphatic hydroxyl groups excluding tert-OH is 1. The first kappa shape index (κ1) is 14.7. The van der Waals surface area contributed by atoms with Crippen molar-refractivity contribution in [1.29, 1.82) is 0 Å². The maximum Gasteiger partial charge on any atom is 0.123 e. The van der Waals surface area contributed by atoms with Gasteiger partial charge in [0.2, 0.25) is 0 Å². The lowest BCUT2D eigenvalue weighted by molar-refractivity contribution is 0.191. The van der Waals surface area contributed by atoms with E-state index in [4.69, 9.17) is 0 Å². The van der Waals surface area contributed by atoms with Gasteiger partial charge in [-0.1, -0.05) is 0 Å². The van der Waals surface area contributed by atoms with E-state index in [1.807, 2.05) is 18.5 Å². The van der Waals surface area contributed by atoms with Crippen molar-refractivity contribution in [3.05, 3.63) is 47.0 Å². The van der Waals surface area contributed by atoms with Gasteiger partial charge in [0, 0.05) is 24.3 Å². The predicted octanol–water partition coefficient (Wildman–Crippen LogP) is 2.10. The lowest BCUT2D eigenvalue weighted by atomic mass is 10.2. The Bertz CT molecular complexity index is 576. The van der Waals surface area contributed by atoms with Gasteiger partial charge < -0.3 is 10.4 Å². The van der Waals surface area contributed by atoms with Crippen molar-refractivity contribution in [2.45, 2.75) is 33.4 Å². The van der Waals surface area contributed by atoms with Crippen LogP contribution >= 0.6 is 0 Å². The second-order valence-electron chi connectivity index (χ2n) is 5.02. The van der Waals surface area contributed by atoms with Crippen molar-refractivity contribution in [3.8, 4) is 5.69 Å². The third kappa shape index (κ3) is 3.23. The molecule has 1 aromatic carbocycles. The summed E-state index contributed by atoms with van der Waals surface area (Å²) in [5.41, 5.74) is 3.90. The second-order valence-corrected chi connectivity index (χ2v) is 5.02. The number of nitrogens with zero attached hydrogens (tertiary/aromatic N) is 2. The molecule has 0 bridgehead atoms.